The van der Waals surface area contributed by atoms with E-state index in [9.17, 15) is 20.1 Å². The molecule has 0 saturated carbocycles. The van der Waals surface area contributed by atoms with Crippen molar-refractivity contribution >= 4 is 62.4 Å². The zero-order valence-electron chi connectivity index (χ0n) is 10.2. The van der Waals surface area contributed by atoms with Crippen molar-refractivity contribution in [2.45, 2.75) is 0 Å². The van der Waals surface area contributed by atoms with Gasteiger partial charge in [-0.15, -0.1) is 0 Å². The summed E-state index contributed by atoms with van der Waals surface area (Å²) < 4.78 is 5.29. The Morgan fingerprint density at radius 2 is 1.57 bits per heavy atom. The van der Waals surface area contributed by atoms with Gasteiger partial charge in [0.15, 0.2) is 0 Å². The van der Waals surface area contributed by atoms with Gasteiger partial charge in [-0.1, -0.05) is 12.1 Å². The van der Waals surface area contributed by atoms with Gasteiger partial charge in [0.05, 0.1) is 5.56 Å². The molecule has 0 spiro atoms. The molecular formula is C15H11KO5. The number of aromatic hydroxyl groups is 3. The number of phenols is 3. The van der Waals surface area contributed by atoms with E-state index >= 15 is 0 Å². The Morgan fingerprint density at radius 3 is 2.24 bits per heavy atom. The van der Waals surface area contributed by atoms with Crippen LogP contribution in [0.2, 0.25) is 0 Å². The standard InChI is InChI=1S/C15H10O5.K.H/c16-9-3-1-8(2-4-9)11-7-20-13-6-10(17)5-12(18)14(13)15(11)19;;/h1-7,16-18H;;. The summed E-state index contributed by atoms with van der Waals surface area (Å²) in [6.45, 7) is 0. The van der Waals surface area contributed by atoms with Crippen molar-refractivity contribution in [1.82, 2.24) is 0 Å². The molecule has 6 heteroatoms. The molecule has 0 aliphatic rings. The zero-order chi connectivity index (χ0) is 14.3. The zero-order valence-corrected chi connectivity index (χ0v) is 10.2. The summed E-state index contributed by atoms with van der Waals surface area (Å²) >= 11 is 0. The van der Waals surface area contributed by atoms with E-state index in [1.807, 2.05) is 0 Å². The predicted octanol–water partition coefficient (Wildman–Crippen LogP) is 1.93. The van der Waals surface area contributed by atoms with Crippen molar-refractivity contribution in [3.8, 4) is 28.4 Å². The average Bonchev–Trinajstić information content (AvgIpc) is 2.39. The third-order valence-corrected chi connectivity index (χ3v) is 3.02. The minimum atomic E-state index is -0.408. The van der Waals surface area contributed by atoms with Crippen LogP contribution in [-0.4, -0.2) is 66.7 Å². The molecule has 0 fully saturated rings. The van der Waals surface area contributed by atoms with E-state index in [2.05, 4.69) is 0 Å². The summed E-state index contributed by atoms with van der Waals surface area (Å²) in [4.78, 5) is 12.4. The fraction of sp³-hybridized carbons (Fsp3) is 0. The molecule has 3 rings (SSSR count). The summed E-state index contributed by atoms with van der Waals surface area (Å²) in [5.41, 5.74) is 0.522. The Bertz CT molecular complexity index is 852. The van der Waals surface area contributed by atoms with Crippen LogP contribution in [0.3, 0.4) is 0 Å². The topological polar surface area (TPSA) is 90.9 Å². The number of hydrogen-bond acceptors (Lipinski definition) is 5. The Hall–Kier alpha value is -1.31. The molecule has 21 heavy (non-hydrogen) atoms. The molecule has 102 valence electrons. The van der Waals surface area contributed by atoms with Crippen molar-refractivity contribution in [2.75, 3.05) is 0 Å². The van der Waals surface area contributed by atoms with Gasteiger partial charge < -0.3 is 19.7 Å². The molecule has 2 aromatic carbocycles. The molecule has 0 saturated heterocycles. The molecule has 3 N–H and O–H groups in total. The fourth-order valence-corrected chi connectivity index (χ4v) is 2.06. The van der Waals surface area contributed by atoms with Gasteiger partial charge in [-0.2, -0.15) is 0 Å². The number of hydrogen-bond donors (Lipinski definition) is 3. The SMILES string of the molecule is O=c1c(-c2ccc(O)cc2)coc2cc(O)cc(O)c12.[KH]. The van der Waals surface area contributed by atoms with Gasteiger partial charge in [-0.05, 0) is 17.7 Å². The fourth-order valence-electron chi connectivity index (χ4n) is 2.06. The summed E-state index contributed by atoms with van der Waals surface area (Å²) in [5, 5.41) is 28.4. The summed E-state index contributed by atoms with van der Waals surface area (Å²) in [7, 11) is 0. The van der Waals surface area contributed by atoms with Crippen molar-refractivity contribution in [2.24, 2.45) is 0 Å². The number of benzene rings is 2. The molecule has 0 radical (unpaired) electrons. The van der Waals surface area contributed by atoms with Gasteiger partial charge in [0, 0.05) is 12.1 Å². The van der Waals surface area contributed by atoms with E-state index in [1.165, 1.54) is 24.5 Å². The van der Waals surface area contributed by atoms with Crippen molar-refractivity contribution in [3.05, 3.63) is 52.9 Å². The van der Waals surface area contributed by atoms with Gasteiger partial charge in [0.1, 0.15) is 34.5 Å². The summed E-state index contributed by atoms with van der Waals surface area (Å²) in [5.74, 6) is -0.434. The van der Waals surface area contributed by atoms with E-state index in [-0.39, 0.29) is 85.2 Å². The van der Waals surface area contributed by atoms with Crippen LogP contribution in [0.5, 0.6) is 17.2 Å². The quantitative estimate of drug-likeness (QED) is 0.597. The first-order chi connectivity index (χ1) is 9.56. The molecule has 0 unspecified atom stereocenters. The molecule has 0 atom stereocenters. The normalized spacial score (nSPS) is 10.3. The van der Waals surface area contributed by atoms with Gasteiger partial charge >= 0.3 is 51.4 Å². The van der Waals surface area contributed by atoms with Crippen LogP contribution in [0.1, 0.15) is 0 Å². The second kappa shape index (κ2) is 6.21. The number of phenolic OH excluding ortho intramolecular Hbond substituents is 3. The Morgan fingerprint density at radius 1 is 0.905 bits per heavy atom. The van der Waals surface area contributed by atoms with Crippen LogP contribution >= 0.6 is 0 Å². The van der Waals surface area contributed by atoms with E-state index in [4.69, 9.17) is 4.42 Å². The summed E-state index contributed by atoms with van der Waals surface area (Å²) in [6, 6.07) is 8.40. The molecular weight excluding hydrogens is 299 g/mol. The van der Waals surface area contributed by atoms with E-state index in [0.29, 0.717) is 5.56 Å². The maximum atomic E-state index is 12.4. The Balaban J connectivity index is 0.00000161. The molecule has 3 aromatic rings. The van der Waals surface area contributed by atoms with Crippen LogP contribution in [0, 0.1) is 0 Å². The third kappa shape index (κ3) is 2.99. The Labute approximate surface area is 161 Å². The first kappa shape index (κ1) is 16.1. The van der Waals surface area contributed by atoms with E-state index in [0.717, 1.165) is 6.07 Å². The van der Waals surface area contributed by atoms with Crippen molar-refractivity contribution in [1.29, 1.82) is 0 Å². The van der Waals surface area contributed by atoms with Gasteiger partial charge in [0.25, 0.3) is 0 Å². The molecule has 1 aromatic heterocycles. The predicted molar refractivity (Wildman–Crippen MR) is 80.1 cm³/mol. The second-order valence-corrected chi connectivity index (χ2v) is 4.36. The third-order valence-electron chi connectivity index (χ3n) is 3.02. The average molecular weight is 310 g/mol. The minimum absolute atomic E-state index is 0. The maximum absolute atomic E-state index is 12.4. The number of fused-ring (bicyclic) bond motifs is 1. The van der Waals surface area contributed by atoms with Crippen molar-refractivity contribution in [3.63, 3.8) is 0 Å². The Kier molecular flexibility index (Phi) is 4.75. The van der Waals surface area contributed by atoms with E-state index in [1.54, 1.807) is 12.1 Å². The van der Waals surface area contributed by atoms with Crippen LogP contribution < -0.4 is 5.43 Å². The molecule has 0 amide bonds. The van der Waals surface area contributed by atoms with Crippen LogP contribution in [-0.2, 0) is 0 Å². The van der Waals surface area contributed by atoms with Gasteiger partial charge in [-0.25, -0.2) is 0 Å². The van der Waals surface area contributed by atoms with Crippen LogP contribution in [0.25, 0.3) is 22.1 Å². The number of rotatable bonds is 1. The van der Waals surface area contributed by atoms with Gasteiger partial charge in [-0.3, -0.25) is 4.79 Å². The molecule has 0 aliphatic heterocycles. The van der Waals surface area contributed by atoms with Gasteiger partial charge in [0.2, 0.25) is 5.43 Å². The first-order valence-corrected chi connectivity index (χ1v) is 5.83. The molecule has 1 heterocycles. The van der Waals surface area contributed by atoms with E-state index < -0.39 is 5.43 Å². The first-order valence-electron chi connectivity index (χ1n) is 5.83. The second-order valence-electron chi connectivity index (χ2n) is 4.36. The monoisotopic (exact) mass is 310 g/mol. The summed E-state index contributed by atoms with van der Waals surface area (Å²) in [6.07, 6.45) is 1.26. The molecule has 0 aliphatic carbocycles. The van der Waals surface area contributed by atoms with Crippen LogP contribution in [0.4, 0.5) is 0 Å². The van der Waals surface area contributed by atoms with Crippen LogP contribution in [0.15, 0.2) is 51.9 Å². The van der Waals surface area contributed by atoms with Crippen molar-refractivity contribution < 1.29 is 19.7 Å². The molecule has 5 nitrogen and oxygen atoms in total. The molecule has 0 bridgehead atoms.